The van der Waals surface area contributed by atoms with E-state index in [-0.39, 0.29) is 29.9 Å². The summed E-state index contributed by atoms with van der Waals surface area (Å²) in [6, 6.07) is 13.3. The van der Waals surface area contributed by atoms with Crippen molar-refractivity contribution in [3.05, 3.63) is 53.6 Å². The molecule has 4 aliphatic heterocycles. The van der Waals surface area contributed by atoms with Crippen molar-refractivity contribution in [3.63, 3.8) is 0 Å². The zero-order valence-electron chi connectivity index (χ0n) is 29.4. The van der Waals surface area contributed by atoms with E-state index in [1.165, 1.54) is 0 Å². The van der Waals surface area contributed by atoms with Crippen molar-refractivity contribution in [3.8, 4) is 17.2 Å². The smallest absolute Gasteiger partial charge is 0.415 e. The quantitative estimate of drug-likeness (QED) is 0.172. The van der Waals surface area contributed by atoms with Crippen molar-refractivity contribution in [2.75, 3.05) is 70.8 Å². The molecule has 2 saturated heterocycles. The maximum absolute atomic E-state index is 13.7. The number of methoxy groups -OCH3 is 1. The van der Waals surface area contributed by atoms with Gasteiger partial charge in [0, 0.05) is 81.2 Å². The van der Waals surface area contributed by atoms with Gasteiger partial charge in [-0.1, -0.05) is 24.3 Å². The SMILES string of the molecule is COc1cc2c(cc1OCCCCCC(=O)N1C[C@@H](CCl)c3c1cc(OC(=O)N1CCN(C)CC1)c1ccccc31)N=CC1CCCCN1C2=O. The third-order valence-electron chi connectivity index (χ3n) is 10.6. The molecule has 0 aromatic heterocycles. The highest BCUT2D eigenvalue weighted by Crippen LogP contribution is 2.46. The number of halogens is 1. The highest BCUT2D eigenvalue weighted by atomic mass is 35.5. The molecule has 7 rings (SSSR count). The van der Waals surface area contributed by atoms with Crippen molar-refractivity contribution in [2.45, 2.75) is 56.9 Å². The molecule has 0 radical (unpaired) electrons. The number of unbranched alkanes of at least 4 members (excludes halogenated alkanes) is 2. The van der Waals surface area contributed by atoms with E-state index in [9.17, 15) is 14.4 Å². The second-order valence-corrected chi connectivity index (χ2v) is 14.2. The van der Waals surface area contributed by atoms with Crippen molar-refractivity contribution in [1.82, 2.24) is 14.7 Å². The Morgan fingerprint density at radius 1 is 0.941 bits per heavy atom. The number of likely N-dealkylation sites (N-methyl/N-ethyl adjacent to an activating group) is 1. The van der Waals surface area contributed by atoms with Crippen LogP contribution in [0, 0.1) is 0 Å². The fourth-order valence-corrected chi connectivity index (χ4v) is 7.92. The number of fused-ring (bicyclic) bond motifs is 5. The van der Waals surface area contributed by atoms with Gasteiger partial charge in [0.05, 0.1) is 36.7 Å². The predicted octanol–water partition coefficient (Wildman–Crippen LogP) is 6.61. The fraction of sp³-hybridized carbons (Fsp3) is 0.487. The molecule has 0 spiro atoms. The van der Waals surface area contributed by atoms with E-state index in [0.29, 0.717) is 73.5 Å². The molecule has 4 aliphatic rings. The molecular weight excluding hydrogens is 670 g/mol. The number of alkyl halides is 1. The summed E-state index contributed by atoms with van der Waals surface area (Å²) in [5.74, 6) is 1.86. The van der Waals surface area contributed by atoms with Crippen molar-refractivity contribution >= 4 is 57.9 Å². The number of hydrogen-bond donors (Lipinski definition) is 0. The Hall–Kier alpha value is -4.35. The summed E-state index contributed by atoms with van der Waals surface area (Å²) in [6.07, 6.45) is 7.11. The third-order valence-corrected chi connectivity index (χ3v) is 10.9. The Labute approximate surface area is 304 Å². The molecule has 0 aliphatic carbocycles. The molecule has 0 bridgehead atoms. The molecule has 2 fully saturated rings. The van der Waals surface area contributed by atoms with Crippen LogP contribution in [0.25, 0.3) is 10.8 Å². The van der Waals surface area contributed by atoms with Crippen LogP contribution in [0.4, 0.5) is 16.2 Å². The van der Waals surface area contributed by atoms with Gasteiger partial charge in [0.25, 0.3) is 5.91 Å². The van der Waals surface area contributed by atoms with Crippen LogP contribution >= 0.6 is 11.6 Å². The number of piperidine rings is 1. The monoisotopic (exact) mass is 715 g/mol. The van der Waals surface area contributed by atoms with Gasteiger partial charge in [-0.05, 0) is 62.6 Å². The molecule has 12 heteroatoms. The molecular formula is C39H46ClN5O6. The van der Waals surface area contributed by atoms with Crippen molar-refractivity contribution in [2.24, 2.45) is 4.99 Å². The largest absolute Gasteiger partial charge is 0.493 e. The minimum Gasteiger partial charge on any atom is -0.493 e. The topological polar surface area (TPSA) is 104 Å². The van der Waals surface area contributed by atoms with Gasteiger partial charge < -0.3 is 33.8 Å². The van der Waals surface area contributed by atoms with Crippen LogP contribution < -0.4 is 19.1 Å². The van der Waals surface area contributed by atoms with E-state index in [4.69, 9.17) is 25.8 Å². The number of nitrogens with zero attached hydrogens (tertiary/aromatic N) is 5. The molecule has 2 atom stereocenters. The normalized spacial score (nSPS) is 20.1. The summed E-state index contributed by atoms with van der Waals surface area (Å²) < 4.78 is 17.7. The molecule has 0 N–H and O–H groups in total. The van der Waals surface area contributed by atoms with Gasteiger partial charge in [0.1, 0.15) is 5.75 Å². The van der Waals surface area contributed by atoms with Crippen LogP contribution in [0.15, 0.2) is 47.5 Å². The van der Waals surface area contributed by atoms with E-state index < -0.39 is 0 Å². The number of amides is 3. The molecule has 3 aromatic rings. The second-order valence-electron chi connectivity index (χ2n) is 13.9. The number of rotatable bonds is 10. The molecule has 1 unspecified atom stereocenters. The maximum Gasteiger partial charge on any atom is 0.415 e. The highest BCUT2D eigenvalue weighted by Gasteiger charge is 2.35. The van der Waals surface area contributed by atoms with Gasteiger partial charge in [0.15, 0.2) is 11.5 Å². The van der Waals surface area contributed by atoms with Crippen molar-refractivity contribution < 1.29 is 28.6 Å². The minimum atomic E-state index is -0.374. The van der Waals surface area contributed by atoms with Gasteiger partial charge in [-0.25, -0.2) is 4.79 Å². The molecule has 4 heterocycles. The zero-order chi connectivity index (χ0) is 35.5. The first kappa shape index (κ1) is 35.1. The first-order chi connectivity index (χ1) is 24.9. The summed E-state index contributed by atoms with van der Waals surface area (Å²) in [4.78, 5) is 52.5. The van der Waals surface area contributed by atoms with Crippen LogP contribution in [0.2, 0.25) is 0 Å². The molecule has 0 saturated carbocycles. The number of aliphatic imine (C=N–C) groups is 1. The van der Waals surface area contributed by atoms with Gasteiger partial charge in [-0.2, -0.15) is 0 Å². The number of hydrogen-bond acceptors (Lipinski definition) is 8. The summed E-state index contributed by atoms with van der Waals surface area (Å²) in [5, 5.41) is 1.79. The fourth-order valence-electron chi connectivity index (χ4n) is 7.66. The Balaban J connectivity index is 0.978. The minimum absolute atomic E-state index is 0.0164. The van der Waals surface area contributed by atoms with Gasteiger partial charge >= 0.3 is 6.09 Å². The lowest BCUT2D eigenvalue weighted by atomic mass is 9.95. The van der Waals surface area contributed by atoms with Crippen molar-refractivity contribution in [1.29, 1.82) is 0 Å². The van der Waals surface area contributed by atoms with Crippen LogP contribution in [0.5, 0.6) is 17.2 Å². The number of ether oxygens (including phenoxy) is 3. The first-order valence-corrected chi connectivity index (χ1v) is 18.7. The summed E-state index contributed by atoms with van der Waals surface area (Å²) in [7, 11) is 3.62. The standard InChI is InChI=1S/C39H46ClN5O6/c1-42-15-17-43(18-16-42)39(48)51-33-22-32-37(29-12-6-5-11-28(29)33)26(23-40)25-45(32)36(46)13-4-3-9-19-50-35-21-31-30(20-34(35)49-2)38(47)44-14-8-7-10-27(44)24-41-31/h5-6,11-12,20-22,24,26-27H,3-4,7-10,13-19,23,25H2,1-2H3/t26-,27?/m1/s1. The molecule has 51 heavy (non-hydrogen) atoms. The lowest BCUT2D eigenvalue weighted by Crippen LogP contribution is -2.48. The summed E-state index contributed by atoms with van der Waals surface area (Å²) in [6.45, 7) is 4.47. The number of carbonyl (C=O) groups is 3. The predicted molar refractivity (Wildman–Crippen MR) is 199 cm³/mol. The van der Waals surface area contributed by atoms with Crippen LogP contribution in [-0.2, 0) is 4.79 Å². The Morgan fingerprint density at radius 3 is 2.53 bits per heavy atom. The highest BCUT2D eigenvalue weighted by molar-refractivity contribution is 6.19. The summed E-state index contributed by atoms with van der Waals surface area (Å²) in [5.41, 5.74) is 2.92. The average molecular weight is 716 g/mol. The lowest BCUT2D eigenvalue weighted by molar-refractivity contribution is -0.118. The van der Waals surface area contributed by atoms with Gasteiger partial charge in [-0.15, -0.1) is 11.6 Å². The van der Waals surface area contributed by atoms with Gasteiger partial charge in [0.2, 0.25) is 5.91 Å². The van der Waals surface area contributed by atoms with E-state index in [1.807, 2.05) is 53.4 Å². The average Bonchev–Trinajstić information content (AvgIpc) is 3.47. The van der Waals surface area contributed by atoms with E-state index >= 15 is 0 Å². The molecule has 270 valence electrons. The zero-order valence-corrected chi connectivity index (χ0v) is 30.2. The number of piperazine rings is 1. The molecule has 3 aromatic carbocycles. The Bertz CT molecular complexity index is 1830. The Morgan fingerprint density at radius 2 is 1.75 bits per heavy atom. The van der Waals surface area contributed by atoms with Gasteiger partial charge in [-0.3, -0.25) is 14.6 Å². The molecule has 3 amide bonds. The third kappa shape index (κ3) is 7.23. The molecule has 11 nitrogen and oxygen atoms in total. The Kier molecular flexibility index (Phi) is 10.7. The number of carbonyl (C=O) groups excluding carboxylic acids is 3. The number of anilines is 1. The van der Waals surface area contributed by atoms with Crippen LogP contribution in [-0.4, -0.2) is 111 Å². The maximum atomic E-state index is 13.7. The second kappa shape index (κ2) is 15.5. The van der Waals surface area contributed by atoms with E-state index in [1.54, 1.807) is 24.1 Å². The van der Waals surface area contributed by atoms with E-state index in [0.717, 1.165) is 73.8 Å². The number of benzene rings is 3. The lowest BCUT2D eigenvalue weighted by Gasteiger charge is -2.32. The van der Waals surface area contributed by atoms with Crippen LogP contribution in [0.3, 0.4) is 0 Å². The van der Waals surface area contributed by atoms with Crippen LogP contribution in [0.1, 0.15) is 66.8 Å². The van der Waals surface area contributed by atoms with E-state index in [2.05, 4.69) is 9.89 Å². The summed E-state index contributed by atoms with van der Waals surface area (Å²) >= 11 is 6.48. The first-order valence-electron chi connectivity index (χ1n) is 18.1.